The number of carbonyl (C=O) groups is 2. The van der Waals surface area contributed by atoms with Gasteiger partial charge in [-0.3, -0.25) is 9.59 Å². The highest BCUT2D eigenvalue weighted by atomic mass is 16.5. The first kappa shape index (κ1) is 25.5. The van der Waals surface area contributed by atoms with E-state index >= 15 is 0 Å². The lowest BCUT2D eigenvalue weighted by atomic mass is 9.85. The van der Waals surface area contributed by atoms with Crippen molar-refractivity contribution < 1.29 is 24.2 Å². The van der Waals surface area contributed by atoms with Gasteiger partial charge in [0.2, 0.25) is 0 Å². The summed E-state index contributed by atoms with van der Waals surface area (Å²) >= 11 is 0. The molecule has 6 heteroatoms. The van der Waals surface area contributed by atoms with E-state index in [0.29, 0.717) is 12.2 Å². The topological polar surface area (TPSA) is 76.1 Å². The molecule has 2 aromatic carbocycles. The van der Waals surface area contributed by atoms with Gasteiger partial charge in [0, 0.05) is 19.2 Å². The first-order valence-electron chi connectivity index (χ1n) is 11.7. The van der Waals surface area contributed by atoms with Gasteiger partial charge in [-0.2, -0.15) is 0 Å². The third kappa shape index (κ3) is 5.17. The Balaban J connectivity index is 2.10. The number of aliphatic hydroxyl groups excluding tert-OH is 1. The summed E-state index contributed by atoms with van der Waals surface area (Å²) in [6.07, 6.45) is 0.889. The van der Waals surface area contributed by atoms with Crippen LogP contribution >= 0.6 is 0 Å². The fraction of sp³-hybridized carbons (Fsp3) is 0.429. The van der Waals surface area contributed by atoms with E-state index in [2.05, 4.69) is 20.8 Å². The van der Waals surface area contributed by atoms with Crippen LogP contribution in [-0.2, 0) is 19.7 Å². The van der Waals surface area contributed by atoms with Crippen molar-refractivity contribution >= 4 is 17.4 Å². The molecule has 182 valence electrons. The molecule has 1 N–H and O–H groups in total. The van der Waals surface area contributed by atoms with Gasteiger partial charge in [-0.15, -0.1) is 0 Å². The van der Waals surface area contributed by atoms with E-state index in [0.717, 1.165) is 28.9 Å². The Morgan fingerprint density at radius 3 is 2.29 bits per heavy atom. The maximum absolute atomic E-state index is 13.1. The molecule has 1 fully saturated rings. The molecule has 1 aliphatic rings. The lowest BCUT2D eigenvalue weighted by molar-refractivity contribution is -0.140. The first-order valence-corrected chi connectivity index (χ1v) is 11.7. The zero-order chi connectivity index (χ0) is 25.0. The van der Waals surface area contributed by atoms with Gasteiger partial charge in [-0.1, -0.05) is 52.0 Å². The van der Waals surface area contributed by atoms with Crippen LogP contribution < -0.4 is 4.74 Å². The van der Waals surface area contributed by atoms with Crippen LogP contribution in [0, 0.1) is 6.92 Å². The van der Waals surface area contributed by atoms with Crippen molar-refractivity contribution in [3.63, 3.8) is 0 Å². The number of amides is 1. The fourth-order valence-electron chi connectivity index (χ4n) is 4.14. The molecule has 0 radical (unpaired) electrons. The largest absolute Gasteiger partial charge is 0.507 e. The van der Waals surface area contributed by atoms with Crippen LogP contribution in [-0.4, -0.2) is 48.6 Å². The van der Waals surface area contributed by atoms with E-state index in [9.17, 15) is 14.7 Å². The molecule has 0 bridgehead atoms. The van der Waals surface area contributed by atoms with E-state index < -0.39 is 17.7 Å². The normalized spacial score (nSPS) is 17.9. The molecule has 3 rings (SSSR count). The Bertz CT molecular complexity index is 1080. The molecular formula is C28H35NO5. The van der Waals surface area contributed by atoms with Crippen molar-refractivity contribution in [3.8, 4) is 5.75 Å². The molecule has 1 unspecified atom stereocenters. The van der Waals surface area contributed by atoms with Gasteiger partial charge in [-0.05, 0) is 53.6 Å². The van der Waals surface area contributed by atoms with Gasteiger partial charge in [0.25, 0.3) is 11.7 Å². The molecule has 1 saturated heterocycles. The van der Waals surface area contributed by atoms with Crippen molar-refractivity contribution in [1.29, 1.82) is 0 Å². The van der Waals surface area contributed by atoms with Crippen LogP contribution in [0.15, 0.2) is 48.0 Å². The van der Waals surface area contributed by atoms with E-state index in [4.69, 9.17) is 9.47 Å². The average Bonchev–Trinajstić information content (AvgIpc) is 3.05. The van der Waals surface area contributed by atoms with Crippen molar-refractivity contribution in [2.75, 3.05) is 26.9 Å². The van der Waals surface area contributed by atoms with Crippen molar-refractivity contribution in [1.82, 2.24) is 4.90 Å². The third-order valence-corrected chi connectivity index (χ3v) is 6.08. The van der Waals surface area contributed by atoms with E-state index in [1.54, 1.807) is 25.3 Å². The van der Waals surface area contributed by atoms with Crippen molar-refractivity contribution in [2.45, 2.75) is 52.5 Å². The number of likely N-dealkylation sites (tertiary alicyclic amines) is 1. The zero-order valence-corrected chi connectivity index (χ0v) is 21.0. The Hall–Kier alpha value is -3.12. The highest BCUT2D eigenvalue weighted by Crippen LogP contribution is 2.40. The quantitative estimate of drug-likeness (QED) is 0.332. The number of rotatable bonds is 8. The Morgan fingerprint density at radius 2 is 1.74 bits per heavy atom. The monoisotopic (exact) mass is 465 g/mol. The predicted molar refractivity (Wildman–Crippen MR) is 133 cm³/mol. The van der Waals surface area contributed by atoms with Gasteiger partial charge in [-0.25, -0.2) is 0 Å². The lowest BCUT2D eigenvalue weighted by Gasteiger charge is -2.26. The summed E-state index contributed by atoms with van der Waals surface area (Å²) in [5.41, 5.74) is 3.29. The van der Waals surface area contributed by atoms with Gasteiger partial charge < -0.3 is 19.5 Å². The Kier molecular flexibility index (Phi) is 7.82. The van der Waals surface area contributed by atoms with Crippen LogP contribution in [0.4, 0.5) is 0 Å². The molecular weight excluding hydrogens is 430 g/mol. The molecule has 6 nitrogen and oxygen atoms in total. The molecule has 0 spiro atoms. The molecule has 1 heterocycles. The second-order valence-electron chi connectivity index (χ2n) is 9.69. The van der Waals surface area contributed by atoms with E-state index in [-0.39, 0.29) is 29.9 Å². The predicted octanol–water partition coefficient (Wildman–Crippen LogP) is 5.15. The highest BCUT2D eigenvalue weighted by Gasteiger charge is 2.45. The molecule has 0 saturated carbocycles. The van der Waals surface area contributed by atoms with Crippen molar-refractivity contribution in [2.24, 2.45) is 0 Å². The summed E-state index contributed by atoms with van der Waals surface area (Å²) in [6, 6.07) is 12.5. The summed E-state index contributed by atoms with van der Waals surface area (Å²) in [5, 5.41) is 11.3. The summed E-state index contributed by atoms with van der Waals surface area (Å²) in [6.45, 7) is 11.4. The number of ketones is 1. The van der Waals surface area contributed by atoms with Gasteiger partial charge >= 0.3 is 0 Å². The Morgan fingerprint density at radius 1 is 1.06 bits per heavy atom. The molecule has 2 aromatic rings. The maximum Gasteiger partial charge on any atom is 0.295 e. The Labute approximate surface area is 202 Å². The van der Waals surface area contributed by atoms with Gasteiger partial charge in [0.15, 0.2) is 0 Å². The lowest BCUT2D eigenvalue weighted by Crippen LogP contribution is -2.32. The second kappa shape index (κ2) is 10.4. The summed E-state index contributed by atoms with van der Waals surface area (Å²) in [5.74, 6) is -0.785. The molecule has 1 atom stereocenters. The number of Topliss-reactive ketones (excluding diaryl/α,β-unsaturated/α-hetero) is 1. The summed E-state index contributed by atoms with van der Waals surface area (Å²) < 4.78 is 10.9. The molecule has 1 amide bonds. The van der Waals surface area contributed by atoms with Crippen LogP contribution in [0.5, 0.6) is 5.75 Å². The minimum absolute atomic E-state index is 0.0322. The summed E-state index contributed by atoms with van der Waals surface area (Å²) in [7, 11) is 1.55. The van der Waals surface area contributed by atoms with Crippen molar-refractivity contribution in [3.05, 3.63) is 70.3 Å². The van der Waals surface area contributed by atoms with Crippen LogP contribution in [0.25, 0.3) is 5.76 Å². The van der Waals surface area contributed by atoms with Gasteiger partial charge in [0.05, 0.1) is 24.8 Å². The number of carbonyl (C=O) groups excluding carboxylic acids is 2. The first-order chi connectivity index (χ1) is 16.1. The van der Waals surface area contributed by atoms with Crippen LogP contribution in [0.1, 0.15) is 62.4 Å². The fourth-order valence-corrected chi connectivity index (χ4v) is 4.14. The highest BCUT2D eigenvalue weighted by molar-refractivity contribution is 6.46. The third-order valence-electron chi connectivity index (χ3n) is 6.08. The minimum Gasteiger partial charge on any atom is -0.507 e. The number of nitrogens with zero attached hydrogens (tertiary/aromatic N) is 1. The number of aliphatic hydroxyl groups is 1. The van der Waals surface area contributed by atoms with Crippen LogP contribution in [0.2, 0.25) is 0 Å². The summed E-state index contributed by atoms with van der Waals surface area (Å²) in [4.78, 5) is 27.6. The van der Waals surface area contributed by atoms with Crippen LogP contribution in [0.3, 0.4) is 0 Å². The van der Waals surface area contributed by atoms with E-state index in [1.165, 1.54) is 4.90 Å². The average molecular weight is 466 g/mol. The zero-order valence-electron chi connectivity index (χ0n) is 21.0. The number of hydrogen-bond acceptors (Lipinski definition) is 5. The van der Waals surface area contributed by atoms with E-state index in [1.807, 2.05) is 38.1 Å². The standard InChI is InChI=1S/C28H35NO5/c1-7-15-34-22-13-10-20(17-18(22)2)25(30)23-24(29(14-16-33-6)27(32)26(23)31)19-8-11-21(12-9-19)28(3,4)5/h8-13,17,24,30H,7,14-16H2,1-6H3/b25-23-. The number of methoxy groups -OCH3 is 1. The molecule has 0 aromatic heterocycles. The maximum atomic E-state index is 13.1. The second-order valence-corrected chi connectivity index (χ2v) is 9.69. The molecule has 0 aliphatic carbocycles. The molecule has 1 aliphatic heterocycles. The number of hydrogen-bond donors (Lipinski definition) is 1. The SMILES string of the molecule is CCCOc1ccc(/C(O)=C2/C(=O)C(=O)N(CCOC)C2c2ccc(C(C)(C)C)cc2)cc1C. The van der Waals surface area contributed by atoms with Gasteiger partial charge in [0.1, 0.15) is 11.5 Å². The smallest absolute Gasteiger partial charge is 0.295 e. The molecule has 34 heavy (non-hydrogen) atoms. The number of aryl methyl sites for hydroxylation is 1. The minimum atomic E-state index is -0.694. The number of ether oxygens (including phenoxy) is 2. The number of benzene rings is 2.